The fraction of sp³-hybridized carbons (Fsp3) is 0.200. The molecular weight excluding hydrogens is 443 g/mol. The zero-order valence-electron chi connectivity index (χ0n) is 17.9. The molecule has 0 bridgehead atoms. The summed E-state index contributed by atoms with van der Waals surface area (Å²) in [5.74, 6) is -0.667. The van der Waals surface area contributed by atoms with Crippen LogP contribution in [0.2, 0.25) is 5.02 Å². The van der Waals surface area contributed by atoms with Crippen molar-refractivity contribution in [3.63, 3.8) is 0 Å². The zero-order valence-corrected chi connectivity index (χ0v) is 18.7. The van der Waals surface area contributed by atoms with Crippen molar-refractivity contribution in [1.29, 1.82) is 0 Å². The summed E-state index contributed by atoms with van der Waals surface area (Å²) in [5, 5.41) is 8.94. The lowest BCUT2D eigenvalue weighted by atomic mass is 10.1. The topological polar surface area (TPSA) is 73.5 Å². The van der Waals surface area contributed by atoms with Crippen LogP contribution in [0.25, 0.3) is 0 Å². The number of carbonyl (C=O) groups excluding carboxylic acids is 2. The molecule has 170 valence electrons. The number of anilines is 3. The van der Waals surface area contributed by atoms with Crippen LogP contribution in [0.3, 0.4) is 0 Å². The molecule has 3 N–H and O–H groups in total. The highest BCUT2D eigenvalue weighted by atomic mass is 35.5. The van der Waals surface area contributed by atoms with Crippen molar-refractivity contribution in [1.82, 2.24) is 5.32 Å². The van der Waals surface area contributed by atoms with Gasteiger partial charge in [0.25, 0.3) is 5.91 Å². The molecule has 3 aromatic carbocycles. The number of carbonyl (C=O) groups is 2. The Morgan fingerprint density at radius 1 is 0.939 bits per heavy atom. The maximum absolute atomic E-state index is 13.4. The van der Waals surface area contributed by atoms with E-state index in [-0.39, 0.29) is 18.3 Å². The third-order valence-electron chi connectivity index (χ3n) is 5.38. The molecule has 8 heteroatoms. The molecule has 1 aliphatic heterocycles. The molecule has 1 aliphatic rings. The first-order chi connectivity index (χ1) is 16.0. The van der Waals surface area contributed by atoms with Crippen molar-refractivity contribution < 1.29 is 14.0 Å². The van der Waals surface area contributed by atoms with E-state index in [1.165, 1.54) is 12.1 Å². The molecule has 6 nitrogen and oxygen atoms in total. The van der Waals surface area contributed by atoms with Gasteiger partial charge in [-0.3, -0.25) is 4.79 Å². The summed E-state index contributed by atoms with van der Waals surface area (Å²) in [6.07, 6.45) is 2.15. The van der Waals surface area contributed by atoms with Crippen LogP contribution in [0.15, 0.2) is 66.7 Å². The van der Waals surface area contributed by atoms with Gasteiger partial charge in [0.1, 0.15) is 5.82 Å². The quantitative estimate of drug-likeness (QED) is 0.439. The van der Waals surface area contributed by atoms with E-state index in [1.807, 2.05) is 6.07 Å². The van der Waals surface area contributed by atoms with Gasteiger partial charge in [0.2, 0.25) is 0 Å². The second kappa shape index (κ2) is 10.4. The molecule has 33 heavy (non-hydrogen) atoms. The molecule has 1 fully saturated rings. The Morgan fingerprint density at radius 3 is 2.48 bits per heavy atom. The minimum atomic E-state index is -0.435. The fourth-order valence-electron chi connectivity index (χ4n) is 3.79. The lowest BCUT2D eigenvalue weighted by Gasteiger charge is -2.22. The SMILES string of the molecule is O=C(Nc1cccc(Cl)c1)Nc1cc(C(=O)NCc2cccc(F)c2)ccc1N1CCCC1. The molecule has 3 aromatic rings. The molecule has 0 aromatic heterocycles. The summed E-state index contributed by atoms with van der Waals surface area (Å²) in [6, 6.07) is 17.7. The van der Waals surface area contributed by atoms with E-state index in [9.17, 15) is 14.0 Å². The smallest absolute Gasteiger partial charge is 0.323 e. The molecule has 1 heterocycles. The first-order valence-corrected chi connectivity index (χ1v) is 11.1. The van der Waals surface area contributed by atoms with Crippen LogP contribution >= 0.6 is 11.6 Å². The van der Waals surface area contributed by atoms with Crippen molar-refractivity contribution >= 4 is 40.6 Å². The second-order valence-electron chi connectivity index (χ2n) is 7.83. The van der Waals surface area contributed by atoms with E-state index in [2.05, 4.69) is 20.9 Å². The monoisotopic (exact) mass is 466 g/mol. The standard InChI is InChI=1S/C25H24ClFN4O2/c26-19-6-4-8-21(15-19)29-25(33)30-22-14-18(9-10-23(22)31-11-1-2-12-31)24(32)28-16-17-5-3-7-20(27)13-17/h3-10,13-15H,1-2,11-12,16H2,(H,28,32)(H2,29,30,33). The van der Waals surface area contributed by atoms with Crippen molar-refractivity contribution in [2.45, 2.75) is 19.4 Å². The Bertz CT molecular complexity index is 1160. The zero-order chi connectivity index (χ0) is 23.2. The van der Waals surface area contributed by atoms with Crippen LogP contribution in [0.1, 0.15) is 28.8 Å². The molecular formula is C25H24ClFN4O2. The number of hydrogen-bond acceptors (Lipinski definition) is 3. The molecule has 4 rings (SSSR count). The molecule has 0 radical (unpaired) electrons. The third-order valence-corrected chi connectivity index (χ3v) is 5.61. The van der Waals surface area contributed by atoms with Gasteiger partial charge in [-0.2, -0.15) is 0 Å². The number of hydrogen-bond donors (Lipinski definition) is 3. The second-order valence-corrected chi connectivity index (χ2v) is 8.26. The molecule has 1 saturated heterocycles. The van der Waals surface area contributed by atoms with Crippen LogP contribution in [-0.4, -0.2) is 25.0 Å². The number of urea groups is 1. The highest BCUT2D eigenvalue weighted by Gasteiger charge is 2.19. The normalized spacial score (nSPS) is 13.0. The predicted octanol–water partition coefficient (Wildman–Crippen LogP) is 5.65. The van der Waals surface area contributed by atoms with Gasteiger partial charge >= 0.3 is 6.03 Å². The lowest BCUT2D eigenvalue weighted by Crippen LogP contribution is -2.26. The Kier molecular flexibility index (Phi) is 7.10. The van der Waals surface area contributed by atoms with E-state index in [4.69, 9.17) is 11.6 Å². The fourth-order valence-corrected chi connectivity index (χ4v) is 3.98. The minimum absolute atomic E-state index is 0.197. The molecule has 0 atom stereocenters. The summed E-state index contributed by atoms with van der Waals surface area (Å²) in [4.78, 5) is 27.6. The number of amides is 3. The summed E-state index contributed by atoms with van der Waals surface area (Å²) >= 11 is 5.99. The summed E-state index contributed by atoms with van der Waals surface area (Å²) in [6.45, 7) is 1.97. The molecule has 0 saturated carbocycles. The Hall–Kier alpha value is -3.58. The van der Waals surface area contributed by atoms with E-state index in [0.29, 0.717) is 27.5 Å². The van der Waals surface area contributed by atoms with Gasteiger partial charge in [0.15, 0.2) is 0 Å². The van der Waals surface area contributed by atoms with Gasteiger partial charge < -0.3 is 20.9 Å². The first kappa shape index (κ1) is 22.6. The molecule has 3 amide bonds. The minimum Gasteiger partial charge on any atom is -0.370 e. The maximum atomic E-state index is 13.4. The van der Waals surface area contributed by atoms with Gasteiger partial charge in [-0.05, 0) is 66.9 Å². The number of nitrogens with one attached hydrogen (secondary N) is 3. The lowest BCUT2D eigenvalue weighted by molar-refractivity contribution is 0.0951. The summed E-state index contributed by atoms with van der Waals surface area (Å²) in [5.41, 5.74) is 3.01. The molecule has 0 aliphatic carbocycles. The Labute approximate surface area is 196 Å². The van der Waals surface area contributed by atoms with E-state index < -0.39 is 6.03 Å². The predicted molar refractivity (Wildman–Crippen MR) is 130 cm³/mol. The van der Waals surface area contributed by atoms with Crippen molar-refractivity contribution in [3.05, 3.63) is 88.7 Å². The highest BCUT2D eigenvalue weighted by Crippen LogP contribution is 2.30. The number of rotatable bonds is 6. The van der Waals surface area contributed by atoms with Crippen LogP contribution in [0.4, 0.5) is 26.2 Å². The summed E-state index contributed by atoms with van der Waals surface area (Å²) in [7, 11) is 0. The highest BCUT2D eigenvalue weighted by molar-refractivity contribution is 6.30. The average molecular weight is 467 g/mol. The van der Waals surface area contributed by atoms with Crippen LogP contribution in [0, 0.1) is 5.82 Å². The number of benzene rings is 3. The van der Waals surface area contributed by atoms with Crippen molar-refractivity contribution in [3.8, 4) is 0 Å². The van der Waals surface area contributed by atoms with Crippen LogP contribution in [0.5, 0.6) is 0 Å². The largest absolute Gasteiger partial charge is 0.370 e. The van der Waals surface area contributed by atoms with Gasteiger partial charge in [-0.1, -0.05) is 29.8 Å². The van der Waals surface area contributed by atoms with Crippen molar-refractivity contribution in [2.75, 3.05) is 28.6 Å². The third kappa shape index (κ3) is 6.02. The summed E-state index contributed by atoms with van der Waals surface area (Å²) < 4.78 is 13.4. The van der Waals surface area contributed by atoms with Crippen LogP contribution in [-0.2, 0) is 6.54 Å². The first-order valence-electron chi connectivity index (χ1n) is 10.7. The van der Waals surface area contributed by atoms with E-state index in [1.54, 1.807) is 48.5 Å². The molecule has 0 spiro atoms. The van der Waals surface area contributed by atoms with Crippen LogP contribution < -0.4 is 20.9 Å². The van der Waals surface area contributed by atoms with E-state index >= 15 is 0 Å². The Balaban J connectivity index is 1.51. The van der Waals surface area contributed by atoms with Crippen molar-refractivity contribution in [2.24, 2.45) is 0 Å². The molecule has 0 unspecified atom stereocenters. The number of halogens is 2. The Morgan fingerprint density at radius 2 is 1.73 bits per heavy atom. The van der Waals surface area contributed by atoms with Gasteiger partial charge in [0, 0.05) is 35.9 Å². The van der Waals surface area contributed by atoms with Gasteiger partial charge in [-0.15, -0.1) is 0 Å². The maximum Gasteiger partial charge on any atom is 0.323 e. The van der Waals surface area contributed by atoms with Gasteiger partial charge in [-0.25, -0.2) is 9.18 Å². The van der Waals surface area contributed by atoms with Gasteiger partial charge in [0.05, 0.1) is 11.4 Å². The average Bonchev–Trinajstić information content (AvgIpc) is 3.32. The van der Waals surface area contributed by atoms with E-state index in [0.717, 1.165) is 31.6 Å². The number of nitrogens with zero attached hydrogens (tertiary/aromatic N) is 1.